The quantitative estimate of drug-likeness (QED) is 0.795. The average molecular weight is 349 g/mol. The molecule has 0 bridgehead atoms. The Hall–Kier alpha value is -0.270. The van der Waals surface area contributed by atoms with Crippen LogP contribution in [0.25, 0.3) is 0 Å². The molecule has 118 valence electrons. The van der Waals surface area contributed by atoms with Crippen LogP contribution in [-0.4, -0.2) is 32.5 Å². The number of halogens is 1. The molecule has 0 amide bonds. The Morgan fingerprint density at radius 1 is 1.43 bits per heavy atom. The van der Waals surface area contributed by atoms with Gasteiger partial charge in [0.2, 0.25) is 10.0 Å². The maximum atomic E-state index is 12.4. The zero-order chi connectivity index (χ0) is 15.3. The number of benzene rings is 1. The predicted molar refractivity (Wildman–Crippen MR) is 89.5 cm³/mol. The lowest BCUT2D eigenvalue weighted by molar-refractivity contribution is 0.579. The summed E-state index contributed by atoms with van der Waals surface area (Å²) in [6.07, 6.45) is 2.23. The molecule has 21 heavy (non-hydrogen) atoms. The lowest BCUT2D eigenvalue weighted by Gasteiger charge is -2.13. The Morgan fingerprint density at radius 2 is 2.24 bits per heavy atom. The third-order valence-electron chi connectivity index (χ3n) is 3.39. The molecule has 1 unspecified atom stereocenters. The number of sulfonamides is 1. The van der Waals surface area contributed by atoms with E-state index in [-0.39, 0.29) is 9.92 Å². The van der Waals surface area contributed by atoms with Gasteiger partial charge in [-0.15, -0.1) is 0 Å². The highest BCUT2D eigenvalue weighted by atomic mass is 35.5. The van der Waals surface area contributed by atoms with Crippen LogP contribution in [0.15, 0.2) is 23.1 Å². The average Bonchev–Trinajstić information content (AvgIpc) is 2.97. The first-order valence-electron chi connectivity index (χ1n) is 7.13. The van der Waals surface area contributed by atoms with Gasteiger partial charge in [-0.3, -0.25) is 0 Å². The van der Waals surface area contributed by atoms with Crippen LogP contribution in [0.5, 0.6) is 0 Å². The van der Waals surface area contributed by atoms with E-state index in [9.17, 15) is 8.42 Å². The number of hydrogen-bond donors (Lipinski definition) is 2. The normalized spacial score (nSPS) is 19.0. The van der Waals surface area contributed by atoms with Gasteiger partial charge < -0.3 is 5.32 Å². The summed E-state index contributed by atoms with van der Waals surface area (Å²) in [7, 11) is -3.55. The van der Waals surface area contributed by atoms with Crippen molar-refractivity contribution in [2.24, 2.45) is 0 Å². The van der Waals surface area contributed by atoms with E-state index >= 15 is 0 Å². The minimum atomic E-state index is -3.55. The Morgan fingerprint density at radius 3 is 2.90 bits per heavy atom. The fourth-order valence-corrected chi connectivity index (χ4v) is 5.16. The van der Waals surface area contributed by atoms with E-state index in [1.54, 1.807) is 12.1 Å². The van der Waals surface area contributed by atoms with Gasteiger partial charge in [0.05, 0.1) is 5.02 Å². The maximum absolute atomic E-state index is 12.4. The van der Waals surface area contributed by atoms with E-state index in [0.29, 0.717) is 18.3 Å². The number of thioether (sulfide) groups is 1. The van der Waals surface area contributed by atoms with E-state index in [1.165, 1.54) is 0 Å². The number of rotatable bonds is 7. The van der Waals surface area contributed by atoms with Crippen molar-refractivity contribution in [2.45, 2.75) is 36.5 Å². The minimum Gasteiger partial charge on any atom is -0.313 e. The molecule has 7 heteroatoms. The molecule has 1 atom stereocenters. The molecule has 1 aromatic carbocycles. The molecule has 4 nitrogen and oxygen atoms in total. The first-order valence-corrected chi connectivity index (χ1v) is 10.0. The van der Waals surface area contributed by atoms with Crippen LogP contribution in [0.3, 0.4) is 0 Å². The molecule has 0 spiro atoms. The van der Waals surface area contributed by atoms with Crippen molar-refractivity contribution in [3.8, 4) is 0 Å². The zero-order valence-corrected chi connectivity index (χ0v) is 14.5. The molecular weight excluding hydrogens is 328 g/mol. The number of nitrogens with one attached hydrogen (secondary N) is 2. The smallest absolute Gasteiger partial charge is 0.242 e. The van der Waals surface area contributed by atoms with Gasteiger partial charge >= 0.3 is 0 Å². The molecule has 0 aliphatic carbocycles. The highest BCUT2D eigenvalue weighted by molar-refractivity contribution is 8.00. The molecule has 1 aliphatic rings. The number of hydrogen-bond acceptors (Lipinski definition) is 4. The zero-order valence-electron chi connectivity index (χ0n) is 12.1. The second-order valence-corrected chi connectivity index (χ2v) is 8.58. The fourth-order valence-electron chi connectivity index (χ4n) is 2.22. The van der Waals surface area contributed by atoms with Gasteiger partial charge in [0.15, 0.2) is 0 Å². The largest absolute Gasteiger partial charge is 0.313 e. The first-order chi connectivity index (χ1) is 10.0. The SMILES string of the molecule is CCNCc1ccc(Cl)c(S(=O)(=O)NCC2CCCS2)c1. The van der Waals surface area contributed by atoms with Crippen molar-refractivity contribution >= 4 is 33.4 Å². The van der Waals surface area contributed by atoms with Crippen LogP contribution in [0, 0.1) is 0 Å². The summed E-state index contributed by atoms with van der Waals surface area (Å²) in [6, 6.07) is 5.14. The van der Waals surface area contributed by atoms with E-state index in [1.807, 2.05) is 24.8 Å². The fraction of sp³-hybridized carbons (Fsp3) is 0.571. The molecule has 1 heterocycles. The Bertz CT molecular complexity index is 572. The van der Waals surface area contributed by atoms with Crippen molar-refractivity contribution in [1.82, 2.24) is 10.0 Å². The Kier molecular flexibility index (Phi) is 6.37. The van der Waals surface area contributed by atoms with Crippen molar-refractivity contribution in [3.05, 3.63) is 28.8 Å². The molecule has 2 rings (SSSR count). The highest BCUT2D eigenvalue weighted by Gasteiger charge is 2.22. The topological polar surface area (TPSA) is 58.2 Å². The molecule has 1 fully saturated rings. The van der Waals surface area contributed by atoms with E-state index < -0.39 is 10.0 Å². The van der Waals surface area contributed by atoms with Crippen LogP contribution in [0.1, 0.15) is 25.3 Å². The summed E-state index contributed by atoms with van der Waals surface area (Å²) < 4.78 is 27.5. The van der Waals surface area contributed by atoms with Gasteiger partial charge in [-0.25, -0.2) is 13.1 Å². The summed E-state index contributed by atoms with van der Waals surface area (Å²) in [5.74, 6) is 1.12. The Labute approximate surface area is 136 Å². The highest BCUT2D eigenvalue weighted by Crippen LogP contribution is 2.27. The van der Waals surface area contributed by atoms with Crippen molar-refractivity contribution < 1.29 is 8.42 Å². The molecule has 1 saturated heterocycles. The maximum Gasteiger partial charge on any atom is 0.242 e. The molecule has 0 radical (unpaired) electrons. The van der Waals surface area contributed by atoms with Gasteiger partial charge in [-0.2, -0.15) is 11.8 Å². The third kappa shape index (κ3) is 4.86. The first kappa shape index (κ1) is 17.1. The van der Waals surface area contributed by atoms with Gasteiger partial charge in [0.1, 0.15) is 4.90 Å². The predicted octanol–water partition coefficient (Wildman–Crippen LogP) is 2.62. The van der Waals surface area contributed by atoms with Gasteiger partial charge in [0, 0.05) is 18.3 Å². The lowest BCUT2D eigenvalue weighted by atomic mass is 10.2. The van der Waals surface area contributed by atoms with E-state index in [0.717, 1.165) is 30.7 Å². The van der Waals surface area contributed by atoms with E-state index in [2.05, 4.69) is 10.0 Å². The lowest BCUT2D eigenvalue weighted by Crippen LogP contribution is -2.30. The summed E-state index contributed by atoms with van der Waals surface area (Å²) in [5.41, 5.74) is 0.914. The van der Waals surface area contributed by atoms with Crippen molar-refractivity contribution in [2.75, 3.05) is 18.8 Å². The minimum absolute atomic E-state index is 0.169. The van der Waals surface area contributed by atoms with Crippen LogP contribution in [0.4, 0.5) is 0 Å². The Balaban J connectivity index is 2.09. The molecular formula is C14H21ClN2O2S2. The van der Waals surface area contributed by atoms with Crippen LogP contribution in [0.2, 0.25) is 5.02 Å². The molecule has 0 saturated carbocycles. The van der Waals surface area contributed by atoms with Crippen LogP contribution >= 0.6 is 23.4 Å². The monoisotopic (exact) mass is 348 g/mol. The molecule has 1 aliphatic heterocycles. The molecule has 0 aromatic heterocycles. The van der Waals surface area contributed by atoms with Gasteiger partial charge in [0.25, 0.3) is 0 Å². The molecule has 1 aromatic rings. The summed E-state index contributed by atoms with van der Waals surface area (Å²) in [4.78, 5) is 0.169. The summed E-state index contributed by atoms with van der Waals surface area (Å²) >= 11 is 7.89. The molecule has 2 N–H and O–H groups in total. The van der Waals surface area contributed by atoms with Crippen LogP contribution < -0.4 is 10.0 Å². The second-order valence-electron chi connectivity index (χ2n) is 5.03. The van der Waals surface area contributed by atoms with Crippen molar-refractivity contribution in [3.63, 3.8) is 0 Å². The van der Waals surface area contributed by atoms with Gasteiger partial charge in [-0.1, -0.05) is 24.6 Å². The van der Waals surface area contributed by atoms with E-state index in [4.69, 9.17) is 11.6 Å². The summed E-state index contributed by atoms with van der Waals surface area (Å²) in [5, 5.41) is 3.82. The standard InChI is InChI=1S/C14H21ClN2O2S2/c1-2-16-9-11-5-6-13(15)14(8-11)21(18,19)17-10-12-4-3-7-20-12/h5-6,8,12,16-17H,2-4,7,9-10H2,1H3. The van der Waals surface area contributed by atoms with Crippen LogP contribution in [-0.2, 0) is 16.6 Å². The van der Waals surface area contributed by atoms with Gasteiger partial charge in [-0.05, 0) is 42.8 Å². The summed E-state index contributed by atoms with van der Waals surface area (Å²) in [6.45, 7) is 3.95. The van der Waals surface area contributed by atoms with Crippen molar-refractivity contribution in [1.29, 1.82) is 0 Å². The second kappa shape index (κ2) is 7.83. The third-order valence-corrected chi connectivity index (χ3v) is 6.69.